The summed E-state index contributed by atoms with van der Waals surface area (Å²) in [6.45, 7) is 8.25. The quantitative estimate of drug-likeness (QED) is 0.347. The zero-order chi connectivity index (χ0) is 8.69. The van der Waals surface area contributed by atoms with Crippen LogP contribution in [0, 0.1) is 6.92 Å². The Morgan fingerprint density at radius 2 is 1.83 bits per heavy atom. The molecule has 2 radical (unpaired) electrons. The standard InChI is InChI=1S/C5H9NOS2.C2H5.Hg/c8-5(9)6-1-3-7-4-2-6;1-2;/h1-4H2,(H,8,9);1H2,2H3;/q;;+1/p-1. The summed E-state index contributed by atoms with van der Waals surface area (Å²) in [4.78, 5) is 1.98. The third-order valence-electron chi connectivity index (χ3n) is 1.27. The Kier molecular flexibility index (Phi) is 13.0. The fourth-order valence-electron chi connectivity index (χ4n) is 0.746. The summed E-state index contributed by atoms with van der Waals surface area (Å²) in [7, 11) is 0. The average molecular weight is 392 g/mol. The van der Waals surface area contributed by atoms with Crippen LogP contribution in [0.25, 0.3) is 0 Å². The van der Waals surface area contributed by atoms with Crippen LogP contribution in [-0.2, 0) is 45.0 Å². The maximum Gasteiger partial charge on any atom is 1.00 e. The van der Waals surface area contributed by atoms with Crippen molar-refractivity contribution in [2.45, 2.75) is 6.92 Å². The number of rotatable bonds is 0. The molecule has 0 aromatic rings. The molecule has 0 saturated carbocycles. The number of morpholine rings is 1. The van der Waals surface area contributed by atoms with Crippen LogP contribution in [-0.4, -0.2) is 35.5 Å². The summed E-state index contributed by atoms with van der Waals surface area (Å²) < 4.78 is 5.67. The van der Waals surface area contributed by atoms with Gasteiger partial charge in [-0.05, 0) is 0 Å². The van der Waals surface area contributed by atoms with E-state index in [4.69, 9.17) is 29.6 Å². The molecule has 1 aliphatic heterocycles. The summed E-state index contributed by atoms with van der Waals surface area (Å²) in [5, 5.41) is 0. The van der Waals surface area contributed by atoms with E-state index in [1.807, 2.05) is 4.90 Å². The molecule has 0 aliphatic carbocycles. The molecule has 1 saturated heterocycles. The predicted molar refractivity (Wildman–Crippen MR) is 53.4 cm³/mol. The molecule has 0 aromatic carbocycles. The van der Waals surface area contributed by atoms with E-state index < -0.39 is 0 Å². The van der Waals surface area contributed by atoms with Gasteiger partial charge in [-0.2, -0.15) is 0 Å². The van der Waals surface area contributed by atoms with E-state index in [1.54, 1.807) is 6.92 Å². The second-order valence-electron chi connectivity index (χ2n) is 1.87. The number of thiocarbonyl (C=S) groups is 1. The van der Waals surface area contributed by atoms with Crippen molar-refractivity contribution < 1.29 is 32.4 Å². The Hall–Kier alpha value is 1.01. The molecule has 1 fully saturated rings. The van der Waals surface area contributed by atoms with E-state index in [-0.39, 0.29) is 27.7 Å². The van der Waals surface area contributed by atoms with E-state index in [0.29, 0.717) is 4.32 Å². The zero-order valence-corrected chi connectivity index (χ0v) is 14.5. The van der Waals surface area contributed by atoms with Gasteiger partial charge in [0.2, 0.25) is 0 Å². The molecule has 66 valence electrons. The van der Waals surface area contributed by atoms with Crippen molar-refractivity contribution in [1.82, 2.24) is 4.90 Å². The molecule has 0 aromatic heterocycles. The maximum absolute atomic E-state index is 5.10. The third-order valence-corrected chi connectivity index (χ3v) is 1.79. The third kappa shape index (κ3) is 6.51. The average Bonchev–Trinajstić information content (AvgIpc) is 2.10. The molecule has 0 spiro atoms. The minimum Gasteiger partial charge on any atom is -0.411 e. The van der Waals surface area contributed by atoms with E-state index in [9.17, 15) is 0 Å². The van der Waals surface area contributed by atoms with E-state index in [1.165, 1.54) is 0 Å². The largest absolute Gasteiger partial charge is 1.00 e. The summed E-state index contributed by atoms with van der Waals surface area (Å²) >= 11 is 9.60. The van der Waals surface area contributed by atoms with Gasteiger partial charge in [0.15, 0.2) is 0 Å². The summed E-state index contributed by atoms with van der Waals surface area (Å²) in [5.41, 5.74) is 0. The maximum atomic E-state index is 5.10. The molecule has 1 rings (SSSR count). The number of ether oxygens (including phenoxy) is 1. The molecule has 0 N–H and O–H groups in total. The SMILES string of the molecule is S=C([S-])N1CCOCC1.[CH2]C.[Hg+]. The van der Waals surface area contributed by atoms with Gasteiger partial charge in [0.05, 0.1) is 13.2 Å². The Morgan fingerprint density at radius 3 is 2.08 bits per heavy atom. The zero-order valence-electron chi connectivity index (χ0n) is 7.41. The van der Waals surface area contributed by atoms with Crippen molar-refractivity contribution in [2.75, 3.05) is 26.3 Å². The second-order valence-corrected chi connectivity index (χ2v) is 2.90. The van der Waals surface area contributed by atoms with E-state index in [0.717, 1.165) is 26.3 Å². The topological polar surface area (TPSA) is 12.5 Å². The monoisotopic (exact) mass is 393 g/mol. The Balaban J connectivity index is 0. The van der Waals surface area contributed by atoms with Crippen LogP contribution in [0.4, 0.5) is 0 Å². The number of nitrogens with zero attached hydrogens (tertiary/aromatic N) is 1. The van der Waals surface area contributed by atoms with Crippen LogP contribution in [0.5, 0.6) is 0 Å². The molecule has 12 heavy (non-hydrogen) atoms. The van der Waals surface area contributed by atoms with Gasteiger partial charge in [0, 0.05) is 13.1 Å². The van der Waals surface area contributed by atoms with Gasteiger partial charge in [-0.3, -0.25) is 0 Å². The predicted octanol–water partition coefficient (Wildman–Crippen LogP) is 0.988. The van der Waals surface area contributed by atoms with Gasteiger partial charge < -0.3 is 34.5 Å². The summed E-state index contributed by atoms with van der Waals surface area (Å²) in [6.07, 6.45) is 0. The molecular weight excluding hydrogens is 379 g/mol. The fraction of sp³-hybridized carbons (Fsp3) is 0.714. The number of hydrogen-bond acceptors (Lipinski definition) is 3. The van der Waals surface area contributed by atoms with Crippen LogP contribution in [0.15, 0.2) is 0 Å². The Labute approximate surface area is 106 Å². The molecule has 0 atom stereocenters. The first-order valence-corrected chi connectivity index (χ1v) is 4.37. The van der Waals surface area contributed by atoms with Crippen LogP contribution in [0.1, 0.15) is 6.92 Å². The summed E-state index contributed by atoms with van der Waals surface area (Å²) in [5.74, 6) is 0. The van der Waals surface area contributed by atoms with E-state index >= 15 is 0 Å². The van der Waals surface area contributed by atoms with Crippen molar-refractivity contribution in [3.05, 3.63) is 6.92 Å². The van der Waals surface area contributed by atoms with Gasteiger partial charge in [-0.1, -0.05) is 18.2 Å². The van der Waals surface area contributed by atoms with Gasteiger partial charge in [0.1, 0.15) is 0 Å². The smallest absolute Gasteiger partial charge is 0.411 e. The Bertz CT molecular complexity index is 118. The molecule has 1 heterocycles. The first kappa shape index (κ1) is 15.5. The first-order valence-electron chi connectivity index (χ1n) is 3.55. The second kappa shape index (κ2) is 10.1. The van der Waals surface area contributed by atoms with Crippen molar-refractivity contribution in [3.8, 4) is 0 Å². The van der Waals surface area contributed by atoms with Gasteiger partial charge in [-0.15, -0.1) is 0 Å². The molecule has 5 heteroatoms. The van der Waals surface area contributed by atoms with Crippen LogP contribution < -0.4 is 0 Å². The molecule has 0 amide bonds. The fourth-order valence-corrected chi connectivity index (χ4v) is 1.11. The van der Waals surface area contributed by atoms with Gasteiger partial charge >= 0.3 is 27.7 Å². The Morgan fingerprint density at radius 1 is 1.42 bits per heavy atom. The van der Waals surface area contributed by atoms with Crippen molar-refractivity contribution in [1.29, 1.82) is 0 Å². The van der Waals surface area contributed by atoms with Crippen LogP contribution >= 0.6 is 12.2 Å². The molecule has 2 nitrogen and oxygen atoms in total. The normalized spacial score (nSPS) is 15.3. The first-order chi connectivity index (χ1) is 5.30. The number of hydrogen-bond donors (Lipinski definition) is 0. The molecule has 0 bridgehead atoms. The van der Waals surface area contributed by atoms with Gasteiger partial charge in [-0.25, -0.2) is 0 Å². The molecule has 1 aliphatic rings. The minimum absolute atomic E-state index is 0. The summed E-state index contributed by atoms with van der Waals surface area (Å²) in [6, 6.07) is 0. The minimum atomic E-state index is 0. The molecule has 0 unspecified atom stereocenters. The van der Waals surface area contributed by atoms with Crippen LogP contribution in [0.3, 0.4) is 0 Å². The van der Waals surface area contributed by atoms with E-state index in [2.05, 4.69) is 6.92 Å². The van der Waals surface area contributed by atoms with Crippen molar-refractivity contribution in [2.24, 2.45) is 0 Å². The van der Waals surface area contributed by atoms with Gasteiger partial charge in [0.25, 0.3) is 0 Å². The molecular formula is C7H13HgNOS2. The van der Waals surface area contributed by atoms with Crippen molar-refractivity contribution >= 4 is 29.2 Å². The van der Waals surface area contributed by atoms with Crippen molar-refractivity contribution in [3.63, 3.8) is 0 Å². The van der Waals surface area contributed by atoms with Crippen LogP contribution in [0.2, 0.25) is 0 Å².